The molecule has 0 unspecified atom stereocenters. The molecular weight excluding hydrogens is 236 g/mol. The maximum atomic E-state index is 12.1. The van der Waals surface area contributed by atoms with Crippen LogP contribution in [0.3, 0.4) is 0 Å². The number of aromatic nitrogens is 1. The van der Waals surface area contributed by atoms with Crippen molar-refractivity contribution in [2.45, 2.75) is 45.1 Å². The molecule has 3 heteroatoms. The van der Waals surface area contributed by atoms with Crippen molar-refractivity contribution in [3.05, 3.63) is 30.1 Å². The third-order valence-electron chi connectivity index (χ3n) is 4.84. The lowest BCUT2D eigenvalue weighted by atomic mass is 9.86. The molecule has 0 spiro atoms. The van der Waals surface area contributed by atoms with Crippen molar-refractivity contribution < 1.29 is 4.79 Å². The van der Waals surface area contributed by atoms with Crippen LogP contribution in [0.4, 0.5) is 0 Å². The van der Waals surface area contributed by atoms with Gasteiger partial charge in [0.05, 0.1) is 11.7 Å². The zero-order valence-corrected chi connectivity index (χ0v) is 11.5. The van der Waals surface area contributed by atoms with Crippen molar-refractivity contribution in [2.24, 2.45) is 17.8 Å². The maximum absolute atomic E-state index is 12.1. The van der Waals surface area contributed by atoms with E-state index in [0.717, 1.165) is 17.5 Å². The summed E-state index contributed by atoms with van der Waals surface area (Å²) in [5, 5.41) is 3.08. The second-order valence-corrected chi connectivity index (χ2v) is 6.18. The highest BCUT2D eigenvalue weighted by Gasteiger charge is 2.40. The highest BCUT2D eigenvalue weighted by Crippen LogP contribution is 2.49. The van der Waals surface area contributed by atoms with E-state index < -0.39 is 0 Å². The van der Waals surface area contributed by atoms with Crippen LogP contribution in [-0.4, -0.2) is 10.9 Å². The Morgan fingerprint density at radius 2 is 2.32 bits per heavy atom. The molecule has 2 aliphatic carbocycles. The van der Waals surface area contributed by atoms with Gasteiger partial charge in [0.25, 0.3) is 0 Å². The minimum Gasteiger partial charge on any atom is -0.348 e. The van der Waals surface area contributed by atoms with Crippen molar-refractivity contribution in [1.29, 1.82) is 0 Å². The van der Waals surface area contributed by atoms with Gasteiger partial charge in [0.15, 0.2) is 0 Å². The molecule has 1 amide bonds. The van der Waals surface area contributed by atoms with Gasteiger partial charge in [0.1, 0.15) is 0 Å². The zero-order chi connectivity index (χ0) is 13.2. The van der Waals surface area contributed by atoms with Gasteiger partial charge >= 0.3 is 0 Å². The molecule has 3 nitrogen and oxygen atoms in total. The number of amides is 1. The molecule has 4 atom stereocenters. The highest BCUT2D eigenvalue weighted by atomic mass is 16.1. The molecule has 0 radical (unpaired) electrons. The number of nitrogens with one attached hydrogen (secondary N) is 1. The Hall–Kier alpha value is -1.38. The average Bonchev–Trinajstić information content (AvgIpc) is 3.02. The number of nitrogens with zero attached hydrogens (tertiary/aromatic N) is 1. The fourth-order valence-electron chi connectivity index (χ4n) is 3.87. The summed E-state index contributed by atoms with van der Waals surface area (Å²) in [5.41, 5.74) is 0.934. The van der Waals surface area contributed by atoms with E-state index in [2.05, 4.69) is 10.3 Å². The van der Waals surface area contributed by atoms with E-state index in [1.54, 1.807) is 6.20 Å². The third kappa shape index (κ3) is 2.80. The van der Waals surface area contributed by atoms with Gasteiger partial charge in [-0.2, -0.15) is 0 Å². The van der Waals surface area contributed by atoms with Crippen LogP contribution in [0.5, 0.6) is 0 Å². The Kier molecular flexibility index (Phi) is 3.54. The maximum Gasteiger partial charge on any atom is 0.220 e. The molecule has 2 saturated carbocycles. The van der Waals surface area contributed by atoms with Crippen molar-refractivity contribution in [2.75, 3.05) is 0 Å². The van der Waals surface area contributed by atoms with Gasteiger partial charge in [-0.1, -0.05) is 12.5 Å². The zero-order valence-electron chi connectivity index (χ0n) is 11.5. The number of fused-ring (bicyclic) bond motifs is 2. The SMILES string of the molecule is C[C@@H](NC(=O)C[C@@H]1C[C@H]2CC[C@H]1C2)c1ccccn1. The number of hydrogen-bond donors (Lipinski definition) is 1. The summed E-state index contributed by atoms with van der Waals surface area (Å²) in [7, 11) is 0. The molecule has 0 aromatic carbocycles. The molecule has 2 fully saturated rings. The van der Waals surface area contributed by atoms with Crippen LogP contribution in [0, 0.1) is 17.8 Å². The number of hydrogen-bond acceptors (Lipinski definition) is 2. The van der Waals surface area contributed by atoms with Crippen molar-refractivity contribution >= 4 is 5.91 Å². The first-order valence-corrected chi connectivity index (χ1v) is 7.42. The van der Waals surface area contributed by atoms with Crippen LogP contribution < -0.4 is 5.32 Å². The van der Waals surface area contributed by atoms with Gasteiger partial charge < -0.3 is 5.32 Å². The van der Waals surface area contributed by atoms with Crippen molar-refractivity contribution in [3.63, 3.8) is 0 Å². The van der Waals surface area contributed by atoms with Gasteiger partial charge in [-0.05, 0) is 56.1 Å². The molecule has 19 heavy (non-hydrogen) atoms. The third-order valence-corrected chi connectivity index (χ3v) is 4.84. The van der Waals surface area contributed by atoms with E-state index in [1.807, 2.05) is 25.1 Å². The van der Waals surface area contributed by atoms with Gasteiger partial charge in [0.2, 0.25) is 5.91 Å². The number of carbonyl (C=O) groups excluding carboxylic acids is 1. The number of carbonyl (C=O) groups is 1. The van der Waals surface area contributed by atoms with Crippen LogP contribution in [0.15, 0.2) is 24.4 Å². The quantitative estimate of drug-likeness (QED) is 0.901. The van der Waals surface area contributed by atoms with Crippen LogP contribution in [-0.2, 0) is 4.79 Å². The van der Waals surface area contributed by atoms with Crippen LogP contribution in [0.1, 0.15) is 50.8 Å². The summed E-state index contributed by atoms with van der Waals surface area (Å²) in [6.07, 6.45) is 7.86. The molecule has 102 valence electrons. The number of pyridine rings is 1. The Bertz CT molecular complexity index is 445. The van der Waals surface area contributed by atoms with Gasteiger partial charge in [0, 0.05) is 12.6 Å². The lowest BCUT2D eigenvalue weighted by molar-refractivity contribution is -0.123. The fourth-order valence-corrected chi connectivity index (χ4v) is 3.87. The molecule has 2 bridgehead atoms. The van der Waals surface area contributed by atoms with E-state index in [0.29, 0.717) is 12.3 Å². The van der Waals surface area contributed by atoms with E-state index in [4.69, 9.17) is 0 Å². The molecule has 0 aliphatic heterocycles. The largest absolute Gasteiger partial charge is 0.348 e. The van der Waals surface area contributed by atoms with E-state index in [9.17, 15) is 4.79 Å². The van der Waals surface area contributed by atoms with Crippen molar-refractivity contribution in [1.82, 2.24) is 10.3 Å². The summed E-state index contributed by atoms with van der Waals surface area (Å²) < 4.78 is 0. The normalized spacial score (nSPS) is 30.3. The summed E-state index contributed by atoms with van der Waals surface area (Å²) in [5.74, 6) is 2.56. The first-order valence-electron chi connectivity index (χ1n) is 7.42. The molecule has 1 aromatic heterocycles. The predicted octanol–water partition coefficient (Wildman–Crippen LogP) is 3.09. The van der Waals surface area contributed by atoms with Gasteiger partial charge in [-0.25, -0.2) is 0 Å². The summed E-state index contributed by atoms with van der Waals surface area (Å²) in [6.45, 7) is 2.00. The summed E-state index contributed by atoms with van der Waals surface area (Å²) in [6, 6.07) is 5.82. The van der Waals surface area contributed by atoms with Crippen LogP contribution >= 0.6 is 0 Å². The average molecular weight is 258 g/mol. The van der Waals surface area contributed by atoms with Crippen molar-refractivity contribution in [3.8, 4) is 0 Å². The minimum atomic E-state index is 0.00675. The molecule has 1 heterocycles. The number of rotatable bonds is 4. The minimum absolute atomic E-state index is 0.00675. The molecule has 3 rings (SSSR count). The highest BCUT2D eigenvalue weighted by molar-refractivity contribution is 5.76. The first kappa shape index (κ1) is 12.6. The molecular formula is C16H22N2O. The second kappa shape index (κ2) is 5.32. The topological polar surface area (TPSA) is 42.0 Å². The standard InChI is InChI=1S/C16H22N2O/c1-11(15-4-2-3-7-17-15)18-16(19)10-14-9-12-5-6-13(14)8-12/h2-4,7,11-14H,5-6,8-10H2,1H3,(H,18,19)/t11-,12+,13+,14+/m1/s1. The van der Waals surface area contributed by atoms with Gasteiger partial charge in [-0.15, -0.1) is 0 Å². The Morgan fingerprint density at radius 3 is 2.95 bits per heavy atom. The Labute approximate surface area is 114 Å². The molecule has 0 saturated heterocycles. The molecule has 2 aliphatic rings. The van der Waals surface area contributed by atoms with Gasteiger partial charge in [-0.3, -0.25) is 9.78 Å². The lowest BCUT2D eigenvalue weighted by Gasteiger charge is -2.22. The first-order chi connectivity index (χ1) is 9.22. The molecule has 1 aromatic rings. The fraction of sp³-hybridized carbons (Fsp3) is 0.625. The Morgan fingerprint density at radius 1 is 1.42 bits per heavy atom. The Balaban J connectivity index is 1.51. The van der Waals surface area contributed by atoms with Crippen LogP contribution in [0.2, 0.25) is 0 Å². The van der Waals surface area contributed by atoms with E-state index in [-0.39, 0.29) is 11.9 Å². The van der Waals surface area contributed by atoms with E-state index in [1.165, 1.54) is 25.7 Å². The molecule has 1 N–H and O–H groups in total. The van der Waals surface area contributed by atoms with E-state index >= 15 is 0 Å². The summed E-state index contributed by atoms with van der Waals surface area (Å²) in [4.78, 5) is 16.4. The summed E-state index contributed by atoms with van der Waals surface area (Å²) >= 11 is 0. The second-order valence-electron chi connectivity index (χ2n) is 6.18. The predicted molar refractivity (Wildman–Crippen MR) is 74.3 cm³/mol. The monoisotopic (exact) mass is 258 g/mol. The smallest absolute Gasteiger partial charge is 0.220 e. The lowest BCUT2D eigenvalue weighted by Crippen LogP contribution is -2.30. The van der Waals surface area contributed by atoms with Crippen LogP contribution in [0.25, 0.3) is 0 Å².